The van der Waals surface area contributed by atoms with Gasteiger partial charge in [-0.25, -0.2) is 0 Å². The number of rotatable bonds is 6. The minimum atomic E-state index is -0.647. The van der Waals surface area contributed by atoms with Gasteiger partial charge in [0.1, 0.15) is 11.9 Å². The van der Waals surface area contributed by atoms with Crippen molar-refractivity contribution in [1.82, 2.24) is 9.59 Å². The molecule has 1 aromatic carbocycles. The number of aromatic nitrogens is 2. The molecule has 106 valence electrons. The van der Waals surface area contributed by atoms with E-state index in [0.29, 0.717) is 6.10 Å². The maximum Gasteiger partial charge on any atom is 0.119 e. The summed E-state index contributed by atoms with van der Waals surface area (Å²) in [5.41, 5.74) is 1.76. The molecule has 1 aromatic heterocycles. The van der Waals surface area contributed by atoms with Gasteiger partial charge >= 0.3 is 0 Å². The predicted molar refractivity (Wildman–Crippen MR) is 78.1 cm³/mol. The molecule has 0 spiro atoms. The molecule has 2 aromatic rings. The Morgan fingerprint density at radius 1 is 1.35 bits per heavy atom. The molecule has 1 atom stereocenters. The molecule has 3 rings (SSSR count). The van der Waals surface area contributed by atoms with Crippen LogP contribution in [0.3, 0.4) is 0 Å². The summed E-state index contributed by atoms with van der Waals surface area (Å²) in [4.78, 5) is 0.850. The zero-order valence-electron chi connectivity index (χ0n) is 11.5. The molecule has 1 heterocycles. The van der Waals surface area contributed by atoms with E-state index < -0.39 is 6.10 Å². The molecule has 0 saturated heterocycles. The monoisotopic (exact) mass is 290 g/mol. The van der Waals surface area contributed by atoms with Crippen molar-refractivity contribution in [3.8, 4) is 5.75 Å². The van der Waals surface area contributed by atoms with Crippen molar-refractivity contribution >= 4 is 11.5 Å². The minimum absolute atomic E-state index is 0.396. The molecule has 5 heteroatoms. The summed E-state index contributed by atoms with van der Waals surface area (Å²) in [5.74, 6) is 0.875. The standard InChI is InChI=1S/C15H18N2O2S/c1-2-3-13-15(20-17-16-13)14(18)10-4-6-11(7-5-10)19-12-8-9-12/h4-7,12,14,18H,2-3,8-9H2,1H3. The van der Waals surface area contributed by atoms with Crippen LogP contribution in [0.5, 0.6) is 5.75 Å². The van der Waals surface area contributed by atoms with Crippen LogP contribution in [0.2, 0.25) is 0 Å². The fourth-order valence-electron chi connectivity index (χ4n) is 2.09. The summed E-state index contributed by atoms with van der Waals surface area (Å²) in [7, 11) is 0. The maximum atomic E-state index is 10.5. The normalized spacial score (nSPS) is 16.1. The summed E-state index contributed by atoms with van der Waals surface area (Å²) in [5, 5.41) is 14.6. The van der Waals surface area contributed by atoms with E-state index in [1.807, 2.05) is 24.3 Å². The van der Waals surface area contributed by atoms with Crippen LogP contribution in [0.1, 0.15) is 48.4 Å². The van der Waals surface area contributed by atoms with Crippen molar-refractivity contribution in [2.24, 2.45) is 0 Å². The van der Waals surface area contributed by atoms with Crippen molar-refractivity contribution < 1.29 is 9.84 Å². The van der Waals surface area contributed by atoms with Gasteiger partial charge < -0.3 is 9.84 Å². The highest BCUT2D eigenvalue weighted by Crippen LogP contribution is 2.30. The van der Waals surface area contributed by atoms with Gasteiger partial charge in [0.2, 0.25) is 0 Å². The number of benzene rings is 1. The molecular formula is C15H18N2O2S. The van der Waals surface area contributed by atoms with Crippen molar-refractivity contribution in [2.45, 2.75) is 44.8 Å². The minimum Gasteiger partial charge on any atom is -0.490 e. The van der Waals surface area contributed by atoms with Crippen LogP contribution in [0.15, 0.2) is 24.3 Å². The van der Waals surface area contributed by atoms with E-state index in [4.69, 9.17) is 4.74 Å². The first-order valence-electron chi connectivity index (χ1n) is 7.03. The first kappa shape index (κ1) is 13.5. The number of aliphatic hydroxyl groups is 1. The molecule has 1 unspecified atom stereocenters. The second-order valence-corrected chi connectivity index (χ2v) is 5.91. The first-order chi connectivity index (χ1) is 9.78. The summed E-state index contributed by atoms with van der Waals surface area (Å²) in [6, 6.07) is 7.67. The van der Waals surface area contributed by atoms with Gasteiger partial charge in [0, 0.05) is 0 Å². The molecule has 1 aliphatic carbocycles. The van der Waals surface area contributed by atoms with Crippen molar-refractivity contribution in [3.05, 3.63) is 40.4 Å². The Hall–Kier alpha value is -1.46. The predicted octanol–water partition coefficient (Wildman–Crippen LogP) is 3.11. The second kappa shape index (κ2) is 5.89. The third-order valence-electron chi connectivity index (χ3n) is 3.34. The second-order valence-electron chi connectivity index (χ2n) is 5.12. The molecule has 1 aliphatic rings. The van der Waals surface area contributed by atoms with E-state index in [0.717, 1.165) is 47.6 Å². The Kier molecular flexibility index (Phi) is 3.98. The third kappa shape index (κ3) is 2.99. The van der Waals surface area contributed by atoms with Gasteiger partial charge in [0.15, 0.2) is 0 Å². The fourth-order valence-corrected chi connectivity index (χ4v) is 2.80. The van der Waals surface area contributed by atoms with Crippen LogP contribution in [0.4, 0.5) is 0 Å². The van der Waals surface area contributed by atoms with Gasteiger partial charge in [-0.3, -0.25) is 0 Å². The zero-order chi connectivity index (χ0) is 13.9. The van der Waals surface area contributed by atoms with Crippen molar-refractivity contribution in [2.75, 3.05) is 0 Å². The van der Waals surface area contributed by atoms with E-state index in [1.54, 1.807) is 0 Å². The number of aliphatic hydroxyl groups excluding tert-OH is 1. The fraction of sp³-hybridized carbons (Fsp3) is 0.467. The Morgan fingerprint density at radius 3 is 2.75 bits per heavy atom. The smallest absolute Gasteiger partial charge is 0.119 e. The summed E-state index contributed by atoms with van der Waals surface area (Å²) >= 11 is 1.27. The average Bonchev–Trinajstić information content (AvgIpc) is 3.15. The van der Waals surface area contributed by atoms with Gasteiger partial charge in [0.25, 0.3) is 0 Å². The summed E-state index contributed by atoms with van der Waals surface area (Å²) in [6.45, 7) is 2.10. The highest BCUT2D eigenvalue weighted by atomic mass is 32.1. The van der Waals surface area contributed by atoms with Crippen LogP contribution < -0.4 is 4.74 Å². The molecular weight excluding hydrogens is 272 g/mol. The first-order valence-corrected chi connectivity index (χ1v) is 7.81. The number of hydrogen-bond donors (Lipinski definition) is 1. The lowest BCUT2D eigenvalue weighted by molar-refractivity contribution is 0.222. The van der Waals surface area contributed by atoms with Gasteiger partial charge in [-0.1, -0.05) is 30.0 Å². The lowest BCUT2D eigenvalue weighted by Crippen LogP contribution is -2.02. The molecule has 1 fully saturated rings. The molecule has 1 N–H and O–H groups in total. The van der Waals surface area contributed by atoms with Gasteiger partial charge in [-0.05, 0) is 48.5 Å². The van der Waals surface area contributed by atoms with Crippen molar-refractivity contribution in [1.29, 1.82) is 0 Å². The lowest BCUT2D eigenvalue weighted by Gasteiger charge is -2.11. The van der Waals surface area contributed by atoms with Gasteiger partial charge in [-0.15, -0.1) is 5.10 Å². The Labute approximate surface area is 122 Å². The van der Waals surface area contributed by atoms with E-state index in [1.165, 1.54) is 11.5 Å². The molecule has 4 nitrogen and oxygen atoms in total. The zero-order valence-corrected chi connectivity index (χ0v) is 12.3. The average molecular weight is 290 g/mol. The van der Waals surface area contributed by atoms with Gasteiger partial charge in [0.05, 0.1) is 16.7 Å². The number of hydrogen-bond acceptors (Lipinski definition) is 5. The summed E-state index contributed by atoms with van der Waals surface area (Å²) in [6.07, 6.45) is 3.90. The number of ether oxygens (including phenoxy) is 1. The Balaban J connectivity index is 1.75. The molecule has 0 radical (unpaired) electrons. The highest BCUT2D eigenvalue weighted by molar-refractivity contribution is 7.05. The Bertz CT molecular complexity index is 564. The third-order valence-corrected chi connectivity index (χ3v) is 4.16. The highest BCUT2D eigenvalue weighted by Gasteiger charge is 2.23. The summed E-state index contributed by atoms with van der Waals surface area (Å²) < 4.78 is 9.67. The number of aryl methyl sites for hydroxylation is 1. The van der Waals surface area contributed by atoms with Gasteiger partial charge in [-0.2, -0.15) is 0 Å². The van der Waals surface area contributed by atoms with Crippen LogP contribution >= 0.6 is 11.5 Å². The van der Waals surface area contributed by atoms with Crippen LogP contribution in [0.25, 0.3) is 0 Å². The van der Waals surface area contributed by atoms with Crippen LogP contribution in [-0.4, -0.2) is 20.8 Å². The van der Waals surface area contributed by atoms with E-state index in [9.17, 15) is 5.11 Å². The van der Waals surface area contributed by atoms with E-state index >= 15 is 0 Å². The largest absolute Gasteiger partial charge is 0.490 e. The molecule has 0 aliphatic heterocycles. The molecule has 0 amide bonds. The van der Waals surface area contributed by atoms with E-state index in [-0.39, 0.29) is 0 Å². The molecule has 1 saturated carbocycles. The molecule has 0 bridgehead atoms. The maximum absolute atomic E-state index is 10.5. The van der Waals surface area contributed by atoms with Crippen LogP contribution in [0, 0.1) is 0 Å². The molecule has 20 heavy (non-hydrogen) atoms. The SMILES string of the molecule is CCCc1nnsc1C(O)c1ccc(OC2CC2)cc1. The lowest BCUT2D eigenvalue weighted by atomic mass is 10.1. The topological polar surface area (TPSA) is 55.2 Å². The van der Waals surface area contributed by atoms with Crippen LogP contribution in [-0.2, 0) is 6.42 Å². The Morgan fingerprint density at radius 2 is 2.10 bits per heavy atom. The van der Waals surface area contributed by atoms with Crippen molar-refractivity contribution in [3.63, 3.8) is 0 Å². The van der Waals surface area contributed by atoms with E-state index in [2.05, 4.69) is 16.5 Å². The quantitative estimate of drug-likeness (QED) is 0.888. The number of nitrogens with zero attached hydrogens (tertiary/aromatic N) is 2.